The molecular formula is C15H22N2O2S. The fourth-order valence-corrected chi connectivity index (χ4v) is 3.00. The lowest BCUT2D eigenvalue weighted by molar-refractivity contribution is -0.123. The van der Waals surface area contributed by atoms with Crippen LogP contribution >= 0.6 is 11.3 Å². The van der Waals surface area contributed by atoms with Crippen LogP contribution in [-0.4, -0.2) is 18.4 Å². The van der Waals surface area contributed by atoms with Crippen LogP contribution in [0.4, 0.5) is 0 Å². The van der Waals surface area contributed by atoms with E-state index in [2.05, 4.69) is 36.6 Å². The van der Waals surface area contributed by atoms with Gasteiger partial charge in [0.1, 0.15) is 0 Å². The van der Waals surface area contributed by atoms with Gasteiger partial charge in [-0.15, -0.1) is 11.3 Å². The van der Waals surface area contributed by atoms with E-state index in [9.17, 15) is 9.59 Å². The van der Waals surface area contributed by atoms with E-state index in [0.29, 0.717) is 25.4 Å². The number of thiophene rings is 1. The van der Waals surface area contributed by atoms with Gasteiger partial charge in [-0.05, 0) is 30.9 Å². The number of hydrogen-bond donors (Lipinski definition) is 2. The van der Waals surface area contributed by atoms with E-state index in [0.717, 1.165) is 12.8 Å². The Morgan fingerprint density at radius 3 is 2.60 bits per heavy atom. The minimum absolute atomic E-state index is 0.0133. The van der Waals surface area contributed by atoms with Gasteiger partial charge in [0.15, 0.2) is 0 Å². The molecule has 1 aliphatic rings. The minimum atomic E-state index is -0.0133. The van der Waals surface area contributed by atoms with Crippen molar-refractivity contribution in [3.63, 3.8) is 0 Å². The van der Waals surface area contributed by atoms with Crippen molar-refractivity contribution in [3.8, 4) is 0 Å². The first-order chi connectivity index (χ1) is 9.60. The highest BCUT2D eigenvalue weighted by atomic mass is 32.1. The molecule has 1 aromatic rings. The van der Waals surface area contributed by atoms with E-state index in [4.69, 9.17) is 0 Å². The molecule has 2 N–H and O–H groups in total. The standard InChI is InChI=1S/C15H22N2O2S/c1-3-11-4-5-12(20-11)9-17-14(18)6-7-16-15(19)13-8-10(13)2/h4-5,10,13H,3,6-9H2,1-2H3,(H,16,19)(H,17,18)/t10-,13+/m1/s1. The molecule has 1 fully saturated rings. The number of aryl methyl sites for hydroxylation is 1. The largest absolute Gasteiger partial charge is 0.355 e. The SMILES string of the molecule is CCc1ccc(CNC(=O)CCNC(=O)[C@H]2C[C@H]2C)s1. The van der Waals surface area contributed by atoms with Crippen molar-refractivity contribution in [2.24, 2.45) is 11.8 Å². The molecule has 2 rings (SSSR count). The van der Waals surface area contributed by atoms with Crippen molar-refractivity contribution in [2.45, 2.75) is 39.7 Å². The summed E-state index contributed by atoms with van der Waals surface area (Å²) in [7, 11) is 0. The number of rotatable bonds is 7. The summed E-state index contributed by atoms with van der Waals surface area (Å²) in [6, 6.07) is 4.16. The molecule has 0 saturated heterocycles. The van der Waals surface area contributed by atoms with Crippen LogP contribution in [0.15, 0.2) is 12.1 Å². The van der Waals surface area contributed by atoms with Crippen LogP contribution in [0, 0.1) is 11.8 Å². The highest BCUT2D eigenvalue weighted by Gasteiger charge is 2.38. The Balaban J connectivity index is 1.59. The summed E-state index contributed by atoms with van der Waals surface area (Å²) in [6.07, 6.45) is 2.36. The third kappa shape index (κ3) is 4.34. The van der Waals surface area contributed by atoms with Crippen molar-refractivity contribution in [1.29, 1.82) is 0 Å². The van der Waals surface area contributed by atoms with Gasteiger partial charge in [0.2, 0.25) is 11.8 Å². The number of hydrogen-bond acceptors (Lipinski definition) is 3. The molecule has 20 heavy (non-hydrogen) atoms. The van der Waals surface area contributed by atoms with E-state index in [1.165, 1.54) is 9.75 Å². The normalized spacial score (nSPS) is 20.5. The molecule has 0 aliphatic heterocycles. The fourth-order valence-electron chi connectivity index (χ4n) is 2.10. The molecule has 0 spiro atoms. The van der Waals surface area contributed by atoms with E-state index in [1.807, 2.05) is 0 Å². The Hall–Kier alpha value is -1.36. The van der Waals surface area contributed by atoms with Crippen LogP contribution in [0.1, 0.15) is 36.4 Å². The smallest absolute Gasteiger partial charge is 0.223 e. The van der Waals surface area contributed by atoms with Gasteiger partial charge in [-0.25, -0.2) is 0 Å². The van der Waals surface area contributed by atoms with Crippen LogP contribution in [0.5, 0.6) is 0 Å². The zero-order valence-electron chi connectivity index (χ0n) is 12.1. The number of nitrogens with one attached hydrogen (secondary N) is 2. The second kappa shape index (κ2) is 6.88. The van der Waals surface area contributed by atoms with Gasteiger partial charge in [0, 0.05) is 28.6 Å². The second-order valence-corrected chi connectivity index (χ2v) is 6.61. The summed E-state index contributed by atoms with van der Waals surface area (Å²) in [5.41, 5.74) is 0. The van der Waals surface area contributed by atoms with E-state index in [-0.39, 0.29) is 17.7 Å². The second-order valence-electron chi connectivity index (χ2n) is 5.36. The van der Waals surface area contributed by atoms with Crippen molar-refractivity contribution < 1.29 is 9.59 Å². The zero-order chi connectivity index (χ0) is 14.5. The Kier molecular flexibility index (Phi) is 5.17. The lowest BCUT2D eigenvalue weighted by Gasteiger charge is -2.05. The lowest BCUT2D eigenvalue weighted by Crippen LogP contribution is -2.31. The highest BCUT2D eigenvalue weighted by Crippen LogP contribution is 2.37. The molecule has 1 aromatic heterocycles. The molecule has 2 atom stereocenters. The average molecular weight is 294 g/mol. The maximum absolute atomic E-state index is 11.7. The highest BCUT2D eigenvalue weighted by molar-refractivity contribution is 7.11. The molecular weight excluding hydrogens is 272 g/mol. The molecule has 110 valence electrons. The summed E-state index contributed by atoms with van der Waals surface area (Å²) in [5, 5.41) is 5.70. The predicted molar refractivity (Wildman–Crippen MR) is 80.4 cm³/mol. The van der Waals surface area contributed by atoms with Crippen LogP contribution in [0.25, 0.3) is 0 Å². The first-order valence-corrected chi connectivity index (χ1v) is 8.03. The third-order valence-electron chi connectivity index (χ3n) is 3.62. The molecule has 1 saturated carbocycles. The lowest BCUT2D eigenvalue weighted by atomic mass is 10.3. The van der Waals surface area contributed by atoms with E-state index in [1.54, 1.807) is 11.3 Å². The van der Waals surface area contributed by atoms with Crippen molar-refractivity contribution >= 4 is 23.2 Å². The zero-order valence-corrected chi connectivity index (χ0v) is 12.9. The molecule has 0 aromatic carbocycles. The van der Waals surface area contributed by atoms with Crippen molar-refractivity contribution in [2.75, 3.05) is 6.54 Å². The van der Waals surface area contributed by atoms with Crippen LogP contribution in [0.2, 0.25) is 0 Å². The first kappa shape index (κ1) is 15.0. The van der Waals surface area contributed by atoms with Crippen molar-refractivity contribution in [3.05, 3.63) is 21.9 Å². The van der Waals surface area contributed by atoms with Gasteiger partial charge in [-0.3, -0.25) is 9.59 Å². The topological polar surface area (TPSA) is 58.2 Å². The molecule has 4 nitrogen and oxygen atoms in total. The number of carbonyl (C=O) groups excluding carboxylic acids is 2. The van der Waals surface area contributed by atoms with E-state index < -0.39 is 0 Å². The monoisotopic (exact) mass is 294 g/mol. The van der Waals surface area contributed by atoms with E-state index >= 15 is 0 Å². The van der Waals surface area contributed by atoms with Crippen LogP contribution in [0.3, 0.4) is 0 Å². The predicted octanol–water partition coefficient (Wildman–Crippen LogP) is 2.09. The quantitative estimate of drug-likeness (QED) is 0.809. The number of carbonyl (C=O) groups is 2. The summed E-state index contributed by atoms with van der Waals surface area (Å²) in [6.45, 7) is 5.20. The number of amides is 2. The molecule has 1 heterocycles. The third-order valence-corrected chi connectivity index (χ3v) is 4.85. The average Bonchev–Trinajstić information content (AvgIpc) is 3.00. The summed E-state index contributed by atoms with van der Waals surface area (Å²) in [4.78, 5) is 25.7. The molecule has 0 unspecified atom stereocenters. The summed E-state index contributed by atoms with van der Waals surface area (Å²) >= 11 is 1.73. The Labute approximate surface area is 124 Å². The van der Waals surface area contributed by atoms with Crippen LogP contribution in [-0.2, 0) is 22.6 Å². The summed E-state index contributed by atoms with van der Waals surface area (Å²) < 4.78 is 0. The molecule has 0 radical (unpaired) electrons. The van der Waals surface area contributed by atoms with Gasteiger partial charge in [-0.2, -0.15) is 0 Å². The molecule has 1 aliphatic carbocycles. The Morgan fingerprint density at radius 1 is 1.30 bits per heavy atom. The maximum Gasteiger partial charge on any atom is 0.223 e. The van der Waals surface area contributed by atoms with Gasteiger partial charge < -0.3 is 10.6 Å². The Morgan fingerprint density at radius 2 is 2.00 bits per heavy atom. The van der Waals surface area contributed by atoms with Gasteiger partial charge >= 0.3 is 0 Å². The maximum atomic E-state index is 11.7. The van der Waals surface area contributed by atoms with Crippen molar-refractivity contribution in [1.82, 2.24) is 10.6 Å². The molecule has 0 bridgehead atoms. The minimum Gasteiger partial charge on any atom is -0.355 e. The molecule has 2 amide bonds. The Bertz CT molecular complexity index is 484. The van der Waals surface area contributed by atoms with Gasteiger partial charge in [0.25, 0.3) is 0 Å². The van der Waals surface area contributed by atoms with Gasteiger partial charge in [0.05, 0.1) is 6.54 Å². The summed E-state index contributed by atoms with van der Waals surface area (Å²) in [5.74, 6) is 0.767. The molecule has 5 heteroatoms. The first-order valence-electron chi connectivity index (χ1n) is 7.22. The van der Waals surface area contributed by atoms with Gasteiger partial charge in [-0.1, -0.05) is 13.8 Å². The van der Waals surface area contributed by atoms with Crippen LogP contribution < -0.4 is 10.6 Å². The fraction of sp³-hybridized carbons (Fsp3) is 0.600.